The normalized spacial score (nSPS) is 14.1. The second kappa shape index (κ2) is 10.1. The average Bonchev–Trinajstić information content (AvgIpc) is 3.33. The highest BCUT2D eigenvalue weighted by molar-refractivity contribution is 6.05. The van der Waals surface area contributed by atoms with Crippen LogP contribution in [0.2, 0.25) is 0 Å². The molecule has 1 amide bonds. The van der Waals surface area contributed by atoms with Gasteiger partial charge in [-0.25, -0.2) is 9.07 Å². The smallest absolute Gasteiger partial charge is 0.269 e. The van der Waals surface area contributed by atoms with Crippen molar-refractivity contribution in [2.75, 3.05) is 13.1 Å². The molecule has 1 aliphatic heterocycles. The van der Waals surface area contributed by atoms with Crippen molar-refractivity contribution in [1.29, 1.82) is 0 Å². The third-order valence-electron chi connectivity index (χ3n) is 7.01. The van der Waals surface area contributed by atoms with Crippen molar-refractivity contribution in [2.45, 2.75) is 25.8 Å². The average molecular weight is 507 g/mol. The topological polar surface area (TPSA) is 89.9 Å². The number of aromatic nitrogens is 4. The van der Waals surface area contributed by atoms with Gasteiger partial charge in [-0.2, -0.15) is 5.10 Å². The number of halogens is 1. The van der Waals surface area contributed by atoms with Gasteiger partial charge < -0.3 is 5.73 Å². The molecule has 7 nitrogen and oxygen atoms in total. The number of benzene rings is 2. The minimum atomic E-state index is -0.604. The van der Waals surface area contributed by atoms with Gasteiger partial charge in [0, 0.05) is 35.5 Å². The number of pyridine rings is 2. The number of likely N-dealkylation sites (tertiary alicyclic amines) is 1. The number of carbonyl (C=O) groups excluding carboxylic acids is 1. The van der Waals surface area contributed by atoms with Crippen LogP contribution in [0.15, 0.2) is 79.3 Å². The molecule has 4 heterocycles. The molecule has 6 rings (SSSR count). The van der Waals surface area contributed by atoms with Gasteiger partial charge in [-0.3, -0.25) is 19.7 Å². The zero-order chi connectivity index (χ0) is 26.1. The number of fused-ring (bicyclic) bond motifs is 1. The molecule has 0 atom stereocenters. The van der Waals surface area contributed by atoms with Crippen molar-refractivity contribution in [3.8, 4) is 28.1 Å². The molecule has 190 valence electrons. The Morgan fingerprint density at radius 1 is 0.895 bits per heavy atom. The summed E-state index contributed by atoms with van der Waals surface area (Å²) in [5.74, 6) is -0.923. The van der Waals surface area contributed by atoms with Crippen molar-refractivity contribution < 1.29 is 9.18 Å². The molecule has 0 spiro atoms. The zero-order valence-corrected chi connectivity index (χ0v) is 20.8. The fourth-order valence-corrected chi connectivity index (χ4v) is 5.11. The van der Waals surface area contributed by atoms with Gasteiger partial charge in [0.05, 0.1) is 23.1 Å². The number of amides is 1. The number of nitrogens with two attached hydrogens (primary N) is 1. The van der Waals surface area contributed by atoms with E-state index in [0.29, 0.717) is 22.3 Å². The molecular weight excluding hydrogens is 479 g/mol. The first kappa shape index (κ1) is 23.9. The molecule has 1 aliphatic rings. The largest absolute Gasteiger partial charge is 0.364 e. The molecule has 2 N–H and O–H groups in total. The van der Waals surface area contributed by atoms with E-state index in [1.807, 2.05) is 36.7 Å². The summed E-state index contributed by atoms with van der Waals surface area (Å²) >= 11 is 0. The lowest BCUT2D eigenvalue weighted by Gasteiger charge is -2.26. The van der Waals surface area contributed by atoms with Gasteiger partial charge in [0.25, 0.3) is 5.91 Å². The maximum atomic E-state index is 13.6. The van der Waals surface area contributed by atoms with E-state index >= 15 is 0 Å². The van der Waals surface area contributed by atoms with Crippen LogP contribution in [-0.2, 0) is 6.54 Å². The highest BCUT2D eigenvalue weighted by Gasteiger charge is 2.18. The Morgan fingerprint density at radius 3 is 2.53 bits per heavy atom. The molecule has 0 bridgehead atoms. The number of nitrogens with zero attached hydrogens (tertiary/aromatic N) is 5. The molecule has 0 aliphatic carbocycles. The van der Waals surface area contributed by atoms with E-state index in [1.165, 1.54) is 37.0 Å². The number of piperidine rings is 1. The van der Waals surface area contributed by atoms with Crippen LogP contribution < -0.4 is 5.73 Å². The maximum absolute atomic E-state index is 13.6. The lowest BCUT2D eigenvalue weighted by atomic mass is 10.0. The first-order valence-corrected chi connectivity index (χ1v) is 12.8. The summed E-state index contributed by atoms with van der Waals surface area (Å²) in [7, 11) is 0. The van der Waals surface area contributed by atoms with Crippen molar-refractivity contribution in [3.05, 3.63) is 96.3 Å². The molecule has 1 saturated heterocycles. The van der Waals surface area contributed by atoms with Crippen LogP contribution in [0.5, 0.6) is 0 Å². The fraction of sp³-hybridized carbons (Fsp3) is 0.200. The van der Waals surface area contributed by atoms with Gasteiger partial charge in [-0.15, -0.1) is 0 Å². The summed E-state index contributed by atoms with van der Waals surface area (Å²) < 4.78 is 15.3. The van der Waals surface area contributed by atoms with Crippen LogP contribution in [0.3, 0.4) is 0 Å². The van der Waals surface area contributed by atoms with E-state index in [9.17, 15) is 9.18 Å². The molecule has 1 fully saturated rings. The molecule has 0 radical (unpaired) electrons. The third-order valence-corrected chi connectivity index (χ3v) is 7.01. The highest BCUT2D eigenvalue weighted by atomic mass is 19.1. The number of carbonyl (C=O) groups is 1. The van der Waals surface area contributed by atoms with Crippen LogP contribution >= 0.6 is 0 Å². The minimum Gasteiger partial charge on any atom is -0.364 e. The fourth-order valence-electron chi connectivity index (χ4n) is 5.11. The Labute approximate surface area is 219 Å². The summed E-state index contributed by atoms with van der Waals surface area (Å²) in [6.45, 7) is 3.12. The molecule has 38 heavy (non-hydrogen) atoms. The zero-order valence-electron chi connectivity index (χ0n) is 20.8. The van der Waals surface area contributed by atoms with Crippen molar-refractivity contribution in [1.82, 2.24) is 24.6 Å². The van der Waals surface area contributed by atoms with Gasteiger partial charge in [0.15, 0.2) is 5.69 Å². The van der Waals surface area contributed by atoms with E-state index in [-0.39, 0.29) is 11.5 Å². The summed E-state index contributed by atoms with van der Waals surface area (Å²) in [6.07, 6.45) is 9.20. The first-order chi connectivity index (χ1) is 18.5. The Morgan fingerprint density at radius 2 is 1.76 bits per heavy atom. The maximum Gasteiger partial charge on any atom is 0.269 e. The molecular formula is C30H27FN6O. The van der Waals surface area contributed by atoms with Crippen LogP contribution in [0.25, 0.3) is 39.0 Å². The quantitative estimate of drug-likeness (QED) is 0.334. The summed E-state index contributed by atoms with van der Waals surface area (Å²) in [6, 6.07) is 18.0. The van der Waals surface area contributed by atoms with Crippen molar-refractivity contribution in [2.24, 2.45) is 5.73 Å². The SMILES string of the molecule is NC(=O)c1nn(-c2ccc(-c3cccc(F)c3)nc2)c2ccc(-c3cncc(CN4CCCCC4)c3)cc12. The third kappa shape index (κ3) is 4.78. The van der Waals surface area contributed by atoms with E-state index in [4.69, 9.17) is 5.73 Å². The monoisotopic (exact) mass is 506 g/mol. The van der Waals surface area contributed by atoms with Crippen molar-refractivity contribution in [3.63, 3.8) is 0 Å². The molecule has 5 aromatic rings. The van der Waals surface area contributed by atoms with E-state index < -0.39 is 5.91 Å². The number of primary amides is 1. The lowest BCUT2D eigenvalue weighted by Crippen LogP contribution is -2.29. The molecule has 3 aromatic heterocycles. The van der Waals surface area contributed by atoms with Crippen LogP contribution in [-0.4, -0.2) is 43.6 Å². The van der Waals surface area contributed by atoms with Gasteiger partial charge in [-0.05, 0) is 79.5 Å². The molecule has 0 unspecified atom stereocenters. The number of hydrogen-bond donors (Lipinski definition) is 1. The van der Waals surface area contributed by atoms with Gasteiger partial charge in [0.1, 0.15) is 5.82 Å². The summed E-state index contributed by atoms with van der Waals surface area (Å²) in [5, 5.41) is 5.18. The number of hydrogen-bond acceptors (Lipinski definition) is 5. The molecule has 0 saturated carbocycles. The van der Waals surface area contributed by atoms with E-state index in [1.54, 1.807) is 29.1 Å². The van der Waals surface area contributed by atoms with Crippen LogP contribution in [0.4, 0.5) is 4.39 Å². The van der Waals surface area contributed by atoms with Crippen LogP contribution in [0.1, 0.15) is 35.3 Å². The highest BCUT2D eigenvalue weighted by Crippen LogP contribution is 2.29. The summed E-state index contributed by atoms with van der Waals surface area (Å²) in [5.41, 5.74) is 11.7. The standard InChI is InChI=1S/C30H27FN6O/c31-24-6-4-5-22(14-24)27-9-8-25(18-34-27)37-28-10-7-21(15-26(28)29(35-37)30(32)38)23-13-20(16-33-17-23)19-36-11-2-1-3-12-36/h4-10,13-18H,1-3,11-12,19H2,(H2,32,38). The molecule has 8 heteroatoms. The van der Waals surface area contributed by atoms with E-state index in [2.05, 4.69) is 26.0 Å². The minimum absolute atomic E-state index is 0.188. The number of rotatable bonds is 6. The van der Waals surface area contributed by atoms with Crippen molar-refractivity contribution >= 4 is 16.8 Å². The van der Waals surface area contributed by atoms with Gasteiger partial charge in [-0.1, -0.05) is 24.6 Å². The second-order valence-electron chi connectivity index (χ2n) is 9.69. The Bertz CT molecular complexity index is 1620. The second-order valence-corrected chi connectivity index (χ2v) is 9.69. The lowest BCUT2D eigenvalue weighted by molar-refractivity contribution is 0.0996. The van der Waals surface area contributed by atoms with Gasteiger partial charge in [0.2, 0.25) is 0 Å². The first-order valence-electron chi connectivity index (χ1n) is 12.8. The molecule has 2 aromatic carbocycles. The Balaban J connectivity index is 1.34. The Kier molecular flexibility index (Phi) is 6.39. The Hall–Kier alpha value is -4.43. The summed E-state index contributed by atoms with van der Waals surface area (Å²) in [4.78, 5) is 23.8. The van der Waals surface area contributed by atoms with E-state index in [0.717, 1.165) is 36.3 Å². The van der Waals surface area contributed by atoms with Gasteiger partial charge >= 0.3 is 0 Å². The van der Waals surface area contributed by atoms with Crippen LogP contribution in [0, 0.1) is 5.82 Å². The predicted octanol–water partition coefficient (Wildman–Crippen LogP) is 5.37. The predicted molar refractivity (Wildman–Crippen MR) is 145 cm³/mol.